The molecule has 28 heavy (non-hydrogen) atoms. The van der Waals surface area contributed by atoms with Crippen molar-refractivity contribution in [2.75, 3.05) is 13.1 Å². The molecule has 1 unspecified atom stereocenters. The molecule has 3 aromatic rings. The zero-order valence-electron chi connectivity index (χ0n) is 16.0. The average molecular weight is 394 g/mol. The molecule has 0 N–H and O–H groups in total. The van der Waals surface area contributed by atoms with Gasteiger partial charge in [0.1, 0.15) is 5.82 Å². The Bertz CT molecular complexity index is 956. The Hall–Kier alpha value is -2.30. The molecular weight excluding hydrogens is 369 g/mol. The second-order valence-corrected chi connectivity index (χ2v) is 9.32. The first-order valence-corrected chi connectivity index (χ1v) is 10.7. The van der Waals surface area contributed by atoms with Crippen molar-refractivity contribution < 1.29 is 8.60 Å². The van der Waals surface area contributed by atoms with E-state index in [9.17, 15) is 8.60 Å². The number of nitrogens with zero attached hydrogens (tertiary/aromatic N) is 1. The van der Waals surface area contributed by atoms with E-state index in [1.165, 1.54) is 23.3 Å². The Morgan fingerprint density at radius 2 is 1.64 bits per heavy atom. The fourth-order valence-electron chi connectivity index (χ4n) is 3.97. The zero-order chi connectivity index (χ0) is 19.6. The fourth-order valence-corrected chi connectivity index (χ4v) is 5.73. The molecule has 0 saturated carbocycles. The highest BCUT2D eigenvalue weighted by Crippen LogP contribution is 2.41. The lowest BCUT2D eigenvalue weighted by Crippen LogP contribution is -2.35. The third-order valence-electron chi connectivity index (χ3n) is 5.52. The van der Waals surface area contributed by atoms with E-state index in [0.29, 0.717) is 4.90 Å². The molecular formula is C24H24FNOS. The van der Waals surface area contributed by atoms with Crippen LogP contribution in [0.25, 0.3) is 0 Å². The first kappa shape index (κ1) is 19.0. The number of hydrogen-bond acceptors (Lipinski definition) is 2. The van der Waals surface area contributed by atoms with Gasteiger partial charge in [-0.25, -0.2) is 4.39 Å². The van der Waals surface area contributed by atoms with E-state index in [0.717, 1.165) is 31.6 Å². The molecule has 0 aliphatic carbocycles. The van der Waals surface area contributed by atoms with Crippen LogP contribution in [0.2, 0.25) is 0 Å². The molecule has 2 nitrogen and oxygen atoms in total. The largest absolute Gasteiger partial charge is 0.297 e. The van der Waals surface area contributed by atoms with Crippen molar-refractivity contribution in [1.29, 1.82) is 0 Å². The van der Waals surface area contributed by atoms with Gasteiger partial charge in [0.2, 0.25) is 0 Å². The molecule has 0 amide bonds. The highest BCUT2D eigenvalue weighted by atomic mass is 32.2. The van der Waals surface area contributed by atoms with E-state index >= 15 is 0 Å². The minimum atomic E-state index is -1.27. The molecule has 0 radical (unpaired) electrons. The van der Waals surface area contributed by atoms with Crippen LogP contribution in [-0.2, 0) is 22.1 Å². The Labute approximate surface area is 168 Å². The third-order valence-corrected chi connectivity index (χ3v) is 7.50. The predicted molar refractivity (Wildman–Crippen MR) is 112 cm³/mol. The van der Waals surface area contributed by atoms with Gasteiger partial charge in [-0.05, 0) is 48.7 Å². The number of halogens is 1. The van der Waals surface area contributed by atoms with Gasteiger partial charge in [-0.15, -0.1) is 0 Å². The quantitative estimate of drug-likeness (QED) is 0.605. The summed E-state index contributed by atoms with van der Waals surface area (Å²) in [6, 6.07) is 24.8. The highest BCUT2D eigenvalue weighted by Gasteiger charge is 2.45. The summed E-state index contributed by atoms with van der Waals surface area (Å²) in [7, 11) is -1.27. The van der Waals surface area contributed by atoms with Gasteiger partial charge >= 0.3 is 0 Å². The van der Waals surface area contributed by atoms with Crippen LogP contribution >= 0.6 is 0 Å². The van der Waals surface area contributed by atoms with Gasteiger partial charge in [-0.1, -0.05) is 60.2 Å². The summed E-state index contributed by atoms with van der Waals surface area (Å²) < 4.78 is 26.6. The number of rotatable bonds is 5. The van der Waals surface area contributed by atoms with Crippen molar-refractivity contribution in [3.63, 3.8) is 0 Å². The van der Waals surface area contributed by atoms with Crippen molar-refractivity contribution in [3.05, 3.63) is 101 Å². The molecule has 1 fully saturated rings. The van der Waals surface area contributed by atoms with E-state index in [1.54, 1.807) is 12.1 Å². The lowest BCUT2D eigenvalue weighted by atomic mass is 9.96. The van der Waals surface area contributed by atoms with E-state index in [-0.39, 0.29) is 5.82 Å². The van der Waals surface area contributed by atoms with Gasteiger partial charge in [-0.3, -0.25) is 9.11 Å². The molecule has 144 valence electrons. The maximum absolute atomic E-state index is 13.7. The molecule has 2 atom stereocenters. The fraction of sp³-hybridized carbons (Fsp3) is 0.250. The van der Waals surface area contributed by atoms with Crippen LogP contribution in [0.15, 0.2) is 83.8 Å². The molecule has 1 aliphatic rings. The summed E-state index contributed by atoms with van der Waals surface area (Å²) in [4.78, 5) is 3.06. The zero-order valence-corrected chi connectivity index (χ0v) is 16.8. The van der Waals surface area contributed by atoms with Gasteiger partial charge in [0, 0.05) is 24.5 Å². The maximum atomic E-state index is 13.7. The molecule has 4 rings (SSSR count). The van der Waals surface area contributed by atoms with E-state index in [1.807, 2.05) is 6.07 Å². The highest BCUT2D eigenvalue weighted by molar-refractivity contribution is 7.86. The van der Waals surface area contributed by atoms with Crippen molar-refractivity contribution in [2.24, 2.45) is 0 Å². The number of likely N-dealkylation sites (tertiary alicyclic amines) is 1. The summed E-state index contributed by atoms with van der Waals surface area (Å²) in [5.41, 5.74) is 3.54. The SMILES string of the molecule is Cc1ccc([C@]2(S(=O)c3ccc(F)cc3)CCN(Cc3ccccc3)C2)cc1. The maximum Gasteiger partial charge on any atom is 0.123 e. The third kappa shape index (κ3) is 3.80. The summed E-state index contributed by atoms with van der Waals surface area (Å²) in [6.07, 6.45) is 0.812. The van der Waals surface area contributed by atoms with Crippen LogP contribution in [0, 0.1) is 12.7 Å². The van der Waals surface area contributed by atoms with Crippen LogP contribution in [0.5, 0.6) is 0 Å². The Morgan fingerprint density at radius 3 is 2.32 bits per heavy atom. The number of benzene rings is 3. The second kappa shape index (κ2) is 7.98. The van der Waals surface area contributed by atoms with E-state index in [4.69, 9.17) is 0 Å². The van der Waals surface area contributed by atoms with Crippen molar-refractivity contribution in [1.82, 2.24) is 4.90 Å². The molecule has 1 saturated heterocycles. The molecule has 0 bridgehead atoms. The lowest BCUT2D eigenvalue weighted by Gasteiger charge is -2.30. The van der Waals surface area contributed by atoms with Crippen molar-refractivity contribution in [3.8, 4) is 0 Å². The minimum absolute atomic E-state index is 0.303. The standard InChI is InChI=1S/C24H24FNOS/c1-19-7-9-21(10-8-19)24(28(27)23-13-11-22(25)12-14-23)15-16-26(18-24)17-20-5-3-2-4-6-20/h2-14H,15-18H2,1H3/t24-,28?/m0/s1. The minimum Gasteiger partial charge on any atom is -0.297 e. The topological polar surface area (TPSA) is 20.3 Å². The molecule has 1 aliphatic heterocycles. The van der Waals surface area contributed by atoms with Crippen molar-refractivity contribution >= 4 is 10.8 Å². The summed E-state index contributed by atoms with van der Waals surface area (Å²) in [5, 5.41) is 0. The molecule has 0 spiro atoms. The van der Waals surface area contributed by atoms with Crippen LogP contribution in [0.3, 0.4) is 0 Å². The van der Waals surface area contributed by atoms with E-state index in [2.05, 4.69) is 60.4 Å². The molecule has 0 aromatic heterocycles. The average Bonchev–Trinajstić information content (AvgIpc) is 3.14. The van der Waals surface area contributed by atoms with Gasteiger partial charge in [0.15, 0.2) is 0 Å². The van der Waals surface area contributed by atoms with Crippen LogP contribution in [-0.4, -0.2) is 22.2 Å². The molecule has 1 heterocycles. The van der Waals surface area contributed by atoms with Crippen LogP contribution in [0.4, 0.5) is 4.39 Å². The summed E-state index contributed by atoms with van der Waals surface area (Å²) in [5.74, 6) is -0.303. The molecule has 3 aromatic carbocycles. The predicted octanol–water partition coefficient (Wildman–Crippen LogP) is 5.04. The van der Waals surface area contributed by atoms with Gasteiger partial charge < -0.3 is 0 Å². The smallest absolute Gasteiger partial charge is 0.123 e. The van der Waals surface area contributed by atoms with Crippen LogP contribution < -0.4 is 0 Å². The van der Waals surface area contributed by atoms with Crippen LogP contribution in [0.1, 0.15) is 23.1 Å². The van der Waals surface area contributed by atoms with Gasteiger partial charge in [0.05, 0.1) is 15.5 Å². The molecule has 4 heteroatoms. The number of hydrogen-bond donors (Lipinski definition) is 0. The first-order chi connectivity index (χ1) is 13.6. The number of aryl methyl sites for hydroxylation is 1. The van der Waals surface area contributed by atoms with E-state index < -0.39 is 15.5 Å². The van der Waals surface area contributed by atoms with Crippen molar-refractivity contribution in [2.45, 2.75) is 29.5 Å². The second-order valence-electron chi connectivity index (χ2n) is 7.53. The lowest BCUT2D eigenvalue weighted by molar-refractivity contribution is 0.322. The summed E-state index contributed by atoms with van der Waals surface area (Å²) >= 11 is 0. The normalized spacial score (nSPS) is 20.9. The first-order valence-electron chi connectivity index (χ1n) is 9.58. The monoisotopic (exact) mass is 393 g/mol. The van der Waals surface area contributed by atoms with Gasteiger partial charge in [0.25, 0.3) is 0 Å². The summed E-state index contributed by atoms with van der Waals surface area (Å²) in [6.45, 7) is 4.50. The van der Waals surface area contributed by atoms with Gasteiger partial charge in [-0.2, -0.15) is 0 Å². The Balaban J connectivity index is 1.67. The Morgan fingerprint density at radius 1 is 0.964 bits per heavy atom. The Kier molecular flexibility index (Phi) is 5.42.